The van der Waals surface area contributed by atoms with Gasteiger partial charge in [-0.3, -0.25) is 14.9 Å². The van der Waals surface area contributed by atoms with Crippen molar-refractivity contribution in [1.82, 2.24) is 30.0 Å². The zero-order valence-electron chi connectivity index (χ0n) is 18.0. The summed E-state index contributed by atoms with van der Waals surface area (Å²) in [5, 5.41) is 13.7. The highest BCUT2D eigenvalue weighted by Gasteiger charge is 2.27. The van der Waals surface area contributed by atoms with Crippen LogP contribution in [-0.2, 0) is 11.2 Å². The van der Waals surface area contributed by atoms with Gasteiger partial charge in [-0.2, -0.15) is 4.98 Å². The van der Waals surface area contributed by atoms with Gasteiger partial charge in [-0.05, 0) is 30.7 Å². The lowest BCUT2D eigenvalue weighted by Gasteiger charge is -2.31. The number of piperidine rings is 1. The normalized spacial score (nSPS) is 14.6. The number of carbonyl (C=O) groups is 2. The summed E-state index contributed by atoms with van der Waals surface area (Å²) in [5.41, 5.74) is 2.45. The molecule has 3 N–H and O–H groups in total. The van der Waals surface area contributed by atoms with Gasteiger partial charge < -0.3 is 9.88 Å². The molecule has 1 aromatic carbocycles. The van der Waals surface area contributed by atoms with Gasteiger partial charge >= 0.3 is 0 Å². The second kappa shape index (κ2) is 9.36. The Balaban J connectivity index is 1.16. The van der Waals surface area contributed by atoms with Crippen LogP contribution in [-0.4, -0.2) is 61.2 Å². The van der Waals surface area contributed by atoms with Crippen LogP contribution in [0.2, 0.25) is 0 Å². The lowest BCUT2D eigenvalue weighted by Crippen LogP contribution is -2.38. The summed E-state index contributed by atoms with van der Waals surface area (Å²) >= 11 is 2.88. The number of para-hydroxylation sites is 1. The second-order valence-electron chi connectivity index (χ2n) is 7.89. The van der Waals surface area contributed by atoms with Crippen molar-refractivity contribution in [2.45, 2.75) is 30.3 Å². The van der Waals surface area contributed by atoms with Crippen molar-refractivity contribution in [3.8, 4) is 0 Å². The van der Waals surface area contributed by atoms with E-state index in [1.165, 1.54) is 23.1 Å². The monoisotopic (exact) mass is 481 g/mol. The zero-order valence-corrected chi connectivity index (χ0v) is 19.6. The standard InChI is InChI=1S/C22H23N7O2S2/c1-32-22-26-21(27-28-22)25-19(31)17-12-33-20(24-17)13-6-8-29(9-7-13)18(30)10-14-11-23-16-5-3-2-4-15(14)16/h2-5,11-13,23H,6-10H2,1H3,(H2,25,26,27,28,31). The van der Waals surface area contributed by atoms with Crippen LogP contribution in [0.3, 0.4) is 0 Å². The van der Waals surface area contributed by atoms with Crippen molar-refractivity contribution in [3.05, 3.63) is 52.1 Å². The summed E-state index contributed by atoms with van der Waals surface area (Å²) in [5.74, 6) is 0.393. The van der Waals surface area contributed by atoms with Gasteiger partial charge in [0.15, 0.2) is 0 Å². The number of benzene rings is 1. The number of carbonyl (C=O) groups excluding carboxylic acids is 2. The predicted molar refractivity (Wildman–Crippen MR) is 129 cm³/mol. The number of aromatic nitrogens is 5. The van der Waals surface area contributed by atoms with Gasteiger partial charge in [0.2, 0.25) is 17.0 Å². The van der Waals surface area contributed by atoms with Crippen LogP contribution in [0.15, 0.2) is 41.0 Å². The molecule has 4 heterocycles. The minimum atomic E-state index is -0.312. The minimum absolute atomic E-state index is 0.147. The summed E-state index contributed by atoms with van der Waals surface area (Å²) in [6.07, 6.45) is 5.87. The van der Waals surface area contributed by atoms with E-state index in [9.17, 15) is 9.59 Å². The maximum atomic E-state index is 12.9. The fourth-order valence-electron chi connectivity index (χ4n) is 4.07. The average Bonchev–Trinajstić information content (AvgIpc) is 3.59. The first-order valence-electron chi connectivity index (χ1n) is 10.7. The molecule has 1 aliphatic heterocycles. The van der Waals surface area contributed by atoms with E-state index >= 15 is 0 Å². The Morgan fingerprint density at radius 2 is 2.06 bits per heavy atom. The molecular formula is C22H23N7O2S2. The van der Waals surface area contributed by atoms with Gasteiger partial charge in [0, 0.05) is 41.5 Å². The fourth-order valence-corrected chi connectivity index (χ4v) is 5.36. The third-order valence-corrected chi connectivity index (χ3v) is 7.40. The summed E-state index contributed by atoms with van der Waals surface area (Å²) in [6.45, 7) is 1.39. The molecule has 0 bridgehead atoms. The maximum Gasteiger partial charge on any atom is 0.277 e. The fraction of sp³-hybridized carbons (Fsp3) is 0.318. The Kier molecular flexibility index (Phi) is 6.14. The van der Waals surface area contributed by atoms with Crippen LogP contribution >= 0.6 is 23.1 Å². The van der Waals surface area contributed by atoms with Crippen LogP contribution < -0.4 is 5.32 Å². The molecule has 0 radical (unpaired) electrons. The molecule has 1 saturated heterocycles. The van der Waals surface area contributed by atoms with E-state index in [1.54, 1.807) is 5.38 Å². The van der Waals surface area contributed by atoms with Gasteiger partial charge in [-0.25, -0.2) is 10.1 Å². The van der Waals surface area contributed by atoms with Crippen LogP contribution in [0.4, 0.5) is 5.95 Å². The highest BCUT2D eigenvalue weighted by atomic mass is 32.2. The van der Waals surface area contributed by atoms with E-state index < -0.39 is 0 Å². The second-order valence-corrected chi connectivity index (χ2v) is 9.55. The Morgan fingerprint density at radius 1 is 1.24 bits per heavy atom. The van der Waals surface area contributed by atoms with Gasteiger partial charge in [0.05, 0.1) is 11.4 Å². The number of hydrogen-bond acceptors (Lipinski definition) is 7. The Hall–Kier alpha value is -3.18. The number of thioether (sulfide) groups is 1. The molecule has 2 amide bonds. The van der Waals surface area contributed by atoms with Crippen LogP contribution in [0, 0.1) is 0 Å². The van der Waals surface area contributed by atoms with Crippen molar-refractivity contribution >= 4 is 51.8 Å². The van der Waals surface area contributed by atoms with Crippen LogP contribution in [0.25, 0.3) is 10.9 Å². The number of aromatic amines is 2. The van der Waals surface area contributed by atoms with Gasteiger partial charge in [-0.15, -0.1) is 16.4 Å². The SMILES string of the molecule is CSc1n[nH]c(NC(=O)c2csc(C3CCN(C(=O)Cc4c[nH]c5ccccc45)CC3)n2)n1. The number of nitrogens with zero attached hydrogens (tertiary/aromatic N) is 4. The molecule has 0 unspecified atom stereocenters. The largest absolute Gasteiger partial charge is 0.361 e. The molecule has 3 aromatic heterocycles. The Morgan fingerprint density at radius 3 is 2.85 bits per heavy atom. The van der Waals surface area contributed by atoms with Gasteiger partial charge in [0.25, 0.3) is 5.91 Å². The maximum absolute atomic E-state index is 12.9. The molecule has 0 atom stereocenters. The van der Waals surface area contributed by atoms with E-state index in [2.05, 4.69) is 30.5 Å². The zero-order chi connectivity index (χ0) is 22.8. The van der Waals surface area contributed by atoms with Gasteiger partial charge in [-0.1, -0.05) is 30.0 Å². The van der Waals surface area contributed by atoms with Crippen molar-refractivity contribution in [2.75, 3.05) is 24.7 Å². The van der Waals surface area contributed by atoms with Crippen molar-refractivity contribution in [3.63, 3.8) is 0 Å². The minimum Gasteiger partial charge on any atom is -0.361 e. The summed E-state index contributed by atoms with van der Waals surface area (Å²) in [6, 6.07) is 8.04. The van der Waals surface area contributed by atoms with Crippen molar-refractivity contribution in [2.24, 2.45) is 0 Å². The van der Waals surface area contributed by atoms with Gasteiger partial charge in [0.1, 0.15) is 5.69 Å². The highest BCUT2D eigenvalue weighted by molar-refractivity contribution is 7.98. The molecule has 0 saturated carbocycles. The number of hydrogen-bond donors (Lipinski definition) is 3. The first kappa shape index (κ1) is 21.7. The molecule has 1 fully saturated rings. The molecule has 1 aliphatic rings. The molecule has 0 spiro atoms. The lowest BCUT2D eigenvalue weighted by atomic mass is 9.97. The van der Waals surface area contributed by atoms with Crippen LogP contribution in [0.5, 0.6) is 0 Å². The quantitative estimate of drug-likeness (QED) is 0.362. The number of likely N-dealkylation sites (tertiary alicyclic amines) is 1. The molecule has 170 valence electrons. The Bertz CT molecular complexity index is 1290. The molecule has 5 rings (SSSR count). The van der Waals surface area contributed by atoms with E-state index in [1.807, 2.05) is 41.6 Å². The number of amides is 2. The van der Waals surface area contributed by atoms with E-state index in [0.29, 0.717) is 36.3 Å². The number of nitrogens with one attached hydrogen (secondary N) is 3. The molecule has 33 heavy (non-hydrogen) atoms. The summed E-state index contributed by atoms with van der Waals surface area (Å²) in [7, 11) is 0. The third kappa shape index (κ3) is 4.64. The van der Waals surface area contributed by atoms with E-state index in [4.69, 9.17) is 0 Å². The number of rotatable bonds is 6. The molecule has 11 heteroatoms. The number of fused-ring (bicyclic) bond motifs is 1. The highest BCUT2D eigenvalue weighted by Crippen LogP contribution is 2.31. The first-order valence-corrected chi connectivity index (χ1v) is 12.8. The number of thiazole rings is 1. The number of anilines is 1. The third-order valence-electron chi connectivity index (χ3n) is 5.85. The van der Waals surface area contributed by atoms with Crippen LogP contribution in [0.1, 0.15) is 39.8 Å². The molecular weight excluding hydrogens is 458 g/mol. The molecule has 9 nitrogen and oxygen atoms in total. The van der Waals surface area contributed by atoms with E-state index in [0.717, 1.165) is 34.3 Å². The summed E-state index contributed by atoms with van der Waals surface area (Å²) < 4.78 is 0. The number of H-pyrrole nitrogens is 2. The topological polar surface area (TPSA) is 120 Å². The predicted octanol–water partition coefficient (Wildman–Crippen LogP) is 3.67. The molecule has 4 aromatic rings. The average molecular weight is 482 g/mol. The van der Waals surface area contributed by atoms with Crippen molar-refractivity contribution in [1.29, 1.82) is 0 Å². The summed E-state index contributed by atoms with van der Waals surface area (Å²) in [4.78, 5) is 39.2. The first-order chi connectivity index (χ1) is 16.1. The van der Waals surface area contributed by atoms with E-state index in [-0.39, 0.29) is 17.7 Å². The smallest absolute Gasteiger partial charge is 0.277 e. The Labute approximate surface area is 198 Å². The molecule has 0 aliphatic carbocycles. The van der Waals surface area contributed by atoms with Crippen molar-refractivity contribution < 1.29 is 9.59 Å². The lowest BCUT2D eigenvalue weighted by molar-refractivity contribution is -0.131.